The number of aliphatic hydroxyl groups excluding tert-OH is 1. The van der Waals surface area contributed by atoms with E-state index in [1.807, 2.05) is 0 Å². The van der Waals surface area contributed by atoms with E-state index in [4.69, 9.17) is 10.2 Å². The maximum Gasteiger partial charge on any atom is 0.328 e. The number of nitrogens with zero attached hydrogens (tertiary/aromatic N) is 1. The SMILES string of the molecule is CC(O)C(NC(=O)N(C)C1CC1)C(=O)O. The molecule has 6 nitrogen and oxygen atoms in total. The average Bonchev–Trinajstić information content (AvgIpc) is 2.94. The smallest absolute Gasteiger partial charge is 0.328 e. The number of nitrogens with one attached hydrogen (secondary N) is 1. The zero-order valence-electron chi connectivity index (χ0n) is 8.80. The number of carboxylic acid groups (broad SMARTS) is 1. The van der Waals surface area contributed by atoms with E-state index in [0.29, 0.717) is 0 Å². The van der Waals surface area contributed by atoms with Crippen molar-refractivity contribution in [3.63, 3.8) is 0 Å². The molecule has 6 heteroatoms. The van der Waals surface area contributed by atoms with Crippen molar-refractivity contribution in [1.82, 2.24) is 10.2 Å². The Morgan fingerprint density at radius 3 is 2.33 bits per heavy atom. The van der Waals surface area contributed by atoms with Gasteiger partial charge in [-0.05, 0) is 19.8 Å². The van der Waals surface area contributed by atoms with Gasteiger partial charge in [-0.25, -0.2) is 9.59 Å². The third-order valence-electron chi connectivity index (χ3n) is 2.44. The second-order valence-corrected chi connectivity index (χ2v) is 3.85. The summed E-state index contributed by atoms with van der Waals surface area (Å²) in [5, 5.41) is 20.2. The van der Waals surface area contributed by atoms with Gasteiger partial charge in [0.15, 0.2) is 6.04 Å². The minimum atomic E-state index is -1.25. The van der Waals surface area contributed by atoms with Crippen LogP contribution >= 0.6 is 0 Å². The maximum absolute atomic E-state index is 11.5. The van der Waals surface area contributed by atoms with Crippen LogP contribution in [0.3, 0.4) is 0 Å². The second kappa shape index (κ2) is 4.48. The molecule has 0 heterocycles. The van der Waals surface area contributed by atoms with Crippen LogP contribution in [0.15, 0.2) is 0 Å². The first-order valence-corrected chi connectivity index (χ1v) is 4.87. The molecule has 0 aromatic carbocycles. The molecule has 2 unspecified atom stereocenters. The monoisotopic (exact) mass is 216 g/mol. The number of urea groups is 1. The van der Waals surface area contributed by atoms with E-state index in [1.165, 1.54) is 11.8 Å². The van der Waals surface area contributed by atoms with Crippen molar-refractivity contribution in [2.75, 3.05) is 7.05 Å². The van der Waals surface area contributed by atoms with Crippen LogP contribution in [-0.4, -0.2) is 52.3 Å². The van der Waals surface area contributed by atoms with Crippen molar-refractivity contribution >= 4 is 12.0 Å². The zero-order chi connectivity index (χ0) is 11.6. The highest BCUT2D eigenvalue weighted by atomic mass is 16.4. The van der Waals surface area contributed by atoms with Gasteiger partial charge in [0.05, 0.1) is 6.10 Å². The molecule has 0 saturated heterocycles. The number of hydrogen-bond acceptors (Lipinski definition) is 3. The van der Waals surface area contributed by atoms with Crippen molar-refractivity contribution in [2.45, 2.75) is 38.0 Å². The van der Waals surface area contributed by atoms with Crippen LogP contribution in [0.25, 0.3) is 0 Å². The van der Waals surface area contributed by atoms with Gasteiger partial charge in [-0.2, -0.15) is 0 Å². The maximum atomic E-state index is 11.5. The number of aliphatic hydroxyl groups is 1. The Morgan fingerprint density at radius 1 is 1.47 bits per heavy atom. The first kappa shape index (κ1) is 11.8. The normalized spacial score (nSPS) is 19.1. The molecular weight excluding hydrogens is 200 g/mol. The number of rotatable bonds is 4. The summed E-state index contributed by atoms with van der Waals surface area (Å²) < 4.78 is 0. The van der Waals surface area contributed by atoms with E-state index in [9.17, 15) is 9.59 Å². The van der Waals surface area contributed by atoms with Crippen LogP contribution in [0.2, 0.25) is 0 Å². The Morgan fingerprint density at radius 2 is 2.00 bits per heavy atom. The lowest BCUT2D eigenvalue weighted by Gasteiger charge is -2.22. The molecule has 1 rings (SSSR count). The number of carboxylic acids is 1. The molecule has 3 N–H and O–H groups in total. The fourth-order valence-corrected chi connectivity index (χ4v) is 1.25. The van der Waals surface area contributed by atoms with Gasteiger partial charge in [0.25, 0.3) is 0 Å². The predicted molar refractivity (Wildman–Crippen MR) is 52.4 cm³/mol. The summed E-state index contributed by atoms with van der Waals surface area (Å²) in [6, 6.07) is -1.49. The van der Waals surface area contributed by atoms with Crippen LogP contribution in [0.1, 0.15) is 19.8 Å². The Labute approximate surface area is 87.9 Å². The fraction of sp³-hybridized carbons (Fsp3) is 0.778. The predicted octanol–water partition coefficient (Wildman–Crippen LogP) is -0.376. The number of aliphatic carboxylic acids is 1. The molecule has 0 aromatic rings. The van der Waals surface area contributed by atoms with Gasteiger partial charge in [-0.3, -0.25) is 0 Å². The molecule has 0 bridgehead atoms. The molecule has 2 atom stereocenters. The van der Waals surface area contributed by atoms with Crippen molar-refractivity contribution in [1.29, 1.82) is 0 Å². The Bertz CT molecular complexity index is 263. The van der Waals surface area contributed by atoms with Gasteiger partial charge in [0.2, 0.25) is 0 Å². The van der Waals surface area contributed by atoms with Crippen molar-refractivity contribution in [3.05, 3.63) is 0 Å². The number of carbonyl (C=O) groups excluding carboxylic acids is 1. The highest BCUT2D eigenvalue weighted by Crippen LogP contribution is 2.25. The summed E-state index contributed by atoms with van der Waals surface area (Å²) in [7, 11) is 1.62. The van der Waals surface area contributed by atoms with Crippen LogP contribution in [-0.2, 0) is 4.79 Å². The van der Waals surface area contributed by atoms with E-state index >= 15 is 0 Å². The van der Waals surface area contributed by atoms with Crippen LogP contribution in [0.5, 0.6) is 0 Å². The molecule has 1 aliphatic rings. The molecule has 1 fully saturated rings. The topological polar surface area (TPSA) is 89.9 Å². The number of carbonyl (C=O) groups is 2. The van der Waals surface area contributed by atoms with Crippen LogP contribution < -0.4 is 5.32 Å². The Hall–Kier alpha value is -1.30. The van der Waals surface area contributed by atoms with E-state index in [2.05, 4.69) is 5.32 Å². The Kier molecular flexibility index (Phi) is 3.52. The molecule has 0 spiro atoms. The molecule has 15 heavy (non-hydrogen) atoms. The number of hydrogen-bond donors (Lipinski definition) is 3. The lowest BCUT2D eigenvalue weighted by Crippen LogP contribution is -2.51. The van der Waals surface area contributed by atoms with Crippen molar-refractivity contribution < 1.29 is 19.8 Å². The van der Waals surface area contributed by atoms with Gasteiger partial charge in [-0.15, -0.1) is 0 Å². The Balaban J connectivity index is 2.49. The molecule has 2 amide bonds. The molecule has 1 saturated carbocycles. The molecule has 0 aliphatic heterocycles. The van der Waals surface area contributed by atoms with Crippen LogP contribution in [0.4, 0.5) is 4.79 Å². The molecular formula is C9H16N2O4. The highest BCUT2D eigenvalue weighted by Gasteiger charge is 2.32. The van der Waals surface area contributed by atoms with Gasteiger partial charge in [0, 0.05) is 13.1 Å². The minimum absolute atomic E-state index is 0.216. The lowest BCUT2D eigenvalue weighted by atomic mass is 10.2. The second-order valence-electron chi connectivity index (χ2n) is 3.85. The summed E-state index contributed by atoms with van der Waals surface area (Å²) >= 11 is 0. The summed E-state index contributed by atoms with van der Waals surface area (Å²) in [5.41, 5.74) is 0. The van der Waals surface area contributed by atoms with Crippen molar-refractivity contribution in [2.24, 2.45) is 0 Å². The van der Waals surface area contributed by atoms with Crippen molar-refractivity contribution in [3.8, 4) is 0 Å². The van der Waals surface area contributed by atoms with E-state index < -0.39 is 24.1 Å². The third kappa shape index (κ3) is 3.09. The fourth-order valence-electron chi connectivity index (χ4n) is 1.25. The van der Waals surface area contributed by atoms with Gasteiger partial charge in [0.1, 0.15) is 0 Å². The standard InChI is InChI=1S/C9H16N2O4/c1-5(12)7(8(13)14)10-9(15)11(2)6-3-4-6/h5-7,12H,3-4H2,1-2H3,(H,10,15)(H,13,14). The summed E-state index contributed by atoms with van der Waals surface area (Å²) in [6.45, 7) is 1.33. The van der Waals surface area contributed by atoms with E-state index in [1.54, 1.807) is 7.05 Å². The summed E-state index contributed by atoms with van der Waals surface area (Å²) in [4.78, 5) is 23.6. The lowest BCUT2D eigenvalue weighted by molar-refractivity contribution is -0.141. The van der Waals surface area contributed by atoms with Crippen LogP contribution in [0, 0.1) is 0 Å². The molecule has 86 valence electrons. The minimum Gasteiger partial charge on any atom is -0.480 e. The van der Waals surface area contributed by atoms with Gasteiger partial charge in [-0.1, -0.05) is 0 Å². The quantitative estimate of drug-likeness (QED) is 0.597. The van der Waals surface area contributed by atoms with E-state index in [0.717, 1.165) is 12.8 Å². The summed E-state index contributed by atoms with van der Waals surface area (Å²) in [6.07, 6.45) is 0.797. The number of amides is 2. The third-order valence-corrected chi connectivity index (χ3v) is 2.44. The molecule has 1 aliphatic carbocycles. The largest absolute Gasteiger partial charge is 0.480 e. The van der Waals surface area contributed by atoms with E-state index in [-0.39, 0.29) is 6.04 Å². The first-order chi connectivity index (χ1) is 6.93. The average molecular weight is 216 g/mol. The zero-order valence-corrected chi connectivity index (χ0v) is 8.80. The van der Waals surface area contributed by atoms with Gasteiger partial charge >= 0.3 is 12.0 Å². The summed E-state index contributed by atoms with van der Waals surface area (Å²) in [5.74, 6) is -1.23. The molecule has 0 radical (unpaired) electrons. The van der Waals surface area contributed by atoms with Gasteiger partial charge < -0.3 is 20.4 Å². The molecule has 0 aromatic heterocycles. The first-order valence-electron chi connectivity index (χ1n) is 4.87. The highest BCUT2D eigenvalue weighted by molar-refractivity contribution is 5.83.